The number of hydrogen-bond donors (Lipinski definition) is 2. The van der Waals surface area contributed by atoms with Crippen LogP contribution in [-0.2, 0) is 10.4 Å². The van der Waals surface area contributed by atoms with Crippen molar-refractivity contribution in [2.24, 2.45) is 5.92 Å². The zero-order chi connectivity index (χ0) is 22.3. The summed E-state index contributed by atoms with van der Waals surface area (Å²) in [5, 5.41) is 27.9. The molecule has 3 unspecified atom stereocenters. The van der Waals surface area contributed by atoms with Gasteiger partial charge >= 0.3 is 5.97 Å². The van der Waals surface area contributed by atoms with Crippen LogP contribution < -0.4 is 4.74 Å². The van der Waals surface area contributed by atoms with Crippen molar-refractivity contribution >= 4 is 18.3 Å². The molecule has 3 atom stereocenters. The second-order valence-electron chi connectivity index (χ2n) is 7.25. The molecule has 0 saturated carbocycles. The zero-order valence-corrected chi connectivity index (χ0v) is 17.2. The lowest BCUT2D eigenvalue weighted by Crippen LogP contribution is -2.30. The van der Waals surface area contributed by atoms with Crippen LogP contribution in [0.3, 0.4) is 0 Å². The van der Waals surface area contributed by atoms with Crippen LogP contribution in [-0.4, -0.2) is 29.6 Å². The van der Waals surface area contributed by atoms with Crippen molar-refractivity contribution in [1.29, 1.82) is 5.26 Å². The number of carbonyl (C=O) groups excluding carboxylic acids is 1. The van der Waals surface area contributed by atoms with E-state index in [0.717, 1.165) is 34.8 Å². The first kappa shape index (κ1) is 22.9. The van der Waals surface area contributed by atoms with Crippen LogP contribution in [0.4, 0.5) is 0 Å². The Bertz CT molecular complexity index is 974. The second-order valence-corrected chi connectivity index (χ2v) is 7.25. The number of methoxy groups -OCH3 is 1. The number of nitriles is 1. The number of aldehydes is 1. The van der Waals surface area contributed by atoms with Crippen LogP contribution >= 0.6 is 0 Å². The van der Waals surface area contributed by atoms with E-state index in [9.17, 15) is 14.7 Å². The molecular formula is C24H25NO5. The highest BCUT2D eigenvalue weighted by Crippen LogP contribution is 2.50. The number of aliphatic hydroxyl groups is 1. The normalized spacial score (nSPS) is 21.8. The molecule has 0 spiro atoms. The summed E-state index contributed by atoms with van der Waals surface area (Å²) >= 11 is 0. The van der Waals surface area contributed by atoms with Crippen LogP contribution in [0.5, 0.6) is 5.75 Å². The quantitative estimate of drug-likeness (QED) is 0.570. The van der Waals surface area contributed by atoms with E-state index in [4.69, 9.17) is 15.1 Å². The molecule has 2 aromatic rings. The van der Waals surface area contributed by atoms with Gasteiger partial charge < -0.3 is 14.9 Å². The predicted molar refractivity (Wildman–Crippen MR) is 113 cm³/mol. The minimum atomic E-state index is -1.12. The van der Waals surface area contributed by atoms with Crippen molar-refractivity contribution in [2.75, 3.05) is 7.11 Å². The van der Waals surface area contributed by atoms with Gasteiger partial charge in [-0.3, -0.25) is 4.79 Å². The molecule has 2 N–H and O–H groups in total. The summed E-state index contributed by atoms with van der Waals surface area (Å²) in [6.45, 7) is 3.99. The molecule has 0 amide bonds. The fourth-order valence-corrected chi connectivity index (χ4v) is 3.61. The fourth-order valence-electron chi connectivity index (χ4n) is 3.61. The Morgan fingerprint density at radius 2 is 1.83 bits per heavy atom. The maximum Gasteiger partial charge on any atom is 0.328 e. The lowest BCUT2D eigenvalue weighted by atomic mass is 9.83. The molecule has 1 aliphatic carbocycles. The van der Waals surface area contributed by atoms with Crippen LogP contribution in [0.15, 0.2) is 48.5 Å². The summed E-state index contributed by atoms with van der Waals surface area (Å²) < 4.78 is 4.95. The molecule has 2 aromatic carbocycles. The third-order valence-electron chi connectivity index (χ3n) is 5.56. The number of aliphatic carboxylic acids is 1. The molecule has 0 bridgehead atoms. The van der Waals surface area contributed by atoms with Gasteiger partial charge in [-0.1, -0.05) is 38.1 Å². The first-order valence-corrected chi connectivity index (χ1v) is 9.50. The minimum absolute atomic E-state index is 0.0148. The summed E-state index contributed by atoms with van der Waals surface area (Å²) in [6.07, 6.45) is 3.46. The molecule has 0 aliphatic heterocycles. The number of benzene rings is 2. The zero-order valence-electron chi connectivity index (χ0n) is 17.2. The molecule has 0 aromatic heterocycles. The van der Waals surface area contributed by atoms with E-state index in [2.05, 4.69) is 0 Å². The van der Waals surface area contributed by atoms with Gasteiger partial charge in [-0.15, -0.1) is 0 Å². The highest BCUT2D eigenvalue weighted by Gasteiger charge is 2.46. The molecule has 3 rings (SSSR count). The lowest BCUT2D eigenvalue weighted by molar-refractivity contribution is -0.131. The molecule has 0 heterocycles. The summed E-state index contributed by atoms with van der Waals surface area (Å²) in [5.74, 6) is -0.00797. The number of hydrogen-bond acceptors (Lipinski definition) is 5. The SMILES string of the molecule is CC1c2ccc(C=O)cc2C(O)(CC#N)C1C.COc1ccc(/C=C/C(=O)O)cc1. The van der Waals surface area contributed by atoms with Gasteiger partial charge in [0.05, 0.1) is 19.6 Å². The largest absolute Gasteiger partial charge is 0.497 e. The molecular weight excluding hydrogens is 382 g/mol. The Hall–Kier alpha value is -3.43. The van der Waals surface area contributed by atoms with Gasteiger partial charge in [0, 0.05) is 11.6 Å². The maximum atomic E-state index is 10.8. The van der Waals surface area contributed by atoms with E-state index in [-0.39, 0.29) is 18.3 Å². The molecule has 1 aliphatic rings. The van der Waals surface area contributed by atoms with Gasteiger partial charge in [0.1, 0.15) is 17.6 Å². The van der Waals surface area contributed by atoms with E-state index in [1.54, 1.807) is 43.5 Å². The first-order chi connectivity index (χ1) is 14.3. The van der Waals surface area contributed by atoms with Crippen LogP contribution in [0.25, 0.3) is 6.08 Å². The number of carboxylic acid groups (broad SMARTS) is 1. The van der Waals surface area contributed by atoms with Crippen molar-refractivity contribution in [3.63, 3.8) is 0 Å². The number of nitrogens with zero attached hydrogens (tertiary/aromatic N) is 1. The molecule has 6 nitrogen and oxygen atoms in total. The van der Waals surface area contributed by atoms with Gasteiger partial charge in [-0.2, -0.15) is 5.26 Å². The molecule has 0 fully saturated rings. The molecule has 30 heavy (non-hydrogen) atoms. The van der Waals surface area contributed by atoms with Crippen LogP contribution in [0.1, 0.15) is 53.2 Å². The Balaban J connectivity index is 0.000000222. The molecule has 0 radical (unpaired) electrons. The van der Waals surface area contributed by atoms with E-state index >= 15 is 0 Å². The second kappa shape index (κ2) is 9.86. The average Bonchev–Trinajstić information content (AvgIpc) is 2.94. The van der Waals surface area contributed by atoms with Gasteiger partial charge in [0.15, 0.2) is 0 Å². The topological polar surface area (TPSA) is 108 Å². The third kappa shape index (κ3) is 4.94. The van der Waals surface area contributed by atoms with Crippen molar-refractivity contribution in [1.82, 2.24) is 0 Å². The Morgan fingerprint density at radius 3 is 2.37 bits per heavy atom. The third-order valence-corrected chi connectivity index (χ3v) is 5.56. The summed E-state index contributed by atoms with van der Waals surface area (Å²) in [6, 6.07) is 14.5. The number of fused-ring (bicyclic) bond motifs is 1. The van der Waals surface area contributed by atoms with E-state index < -0.39 is 11.6 Å². The van der Waals surface area contributed by atoms with Gasteiger partial charge in [-0.05, 0) is 52.8 Å². The van der Waals surface area contributed by atoms with Crippen molar-refractivity contribution in [3.05, 3.63) is 70.8 Å². The van der Waals surface area contributed by atoms with Gasteiger partial charge in [-0.25, -0.2) is 4.79 Å². The van der Waals surface area contributed by atoms with Crippen LogP contribution in [0, 0.1) is 17.2 Å². The first-order valence-electron chi connectivity index (χ1n) is 9.50. The highest BCUT2D eigenvalue weighted by atomic mass is 16.5. The summed E-state index contributed by atoms with van der Waals surface area (Å²) in [5.41, 5.74) is 2.04. The Labute approximate surface area is 176 Å². The van der Waals surface area contributed by atoms with Crippen LogP contribution in [0.2, 0.25) is 0 Å². The molecule has 6 heteroatoms. The molecule has 0 saturated heterocycles. The number of rotatable bonds is 5. The predicted octanol–water partition coefficient (Wildman–Crippen LogP) is 4.15. The van der Waals surface area contributed by atoms with E-state index in [1.165, 1.54) is 6.08 Å². The minimum Gasteiger partial charge on any atom is -0.497 e. The summed E-state index contributed by atoms with van der Waals surface area (Å²) in [7, 11) is 1.59. The standard InChI is InChI=1S/C14H15NO2.C10H10O3/c1-9-10(2)14(17,5-6-15)13-7-11(8-16)3-4-12(9)13;1-13-9-5-2-8(3-6-9)4-7-10(11)12/h3-4,7-10,17H,5H2,1-2H3;2-7H,1H3,(H,11,12)/b;7-4+. The summed E-state index contributed by atoms with van der Waals surface area (Å²) in [4.78, 5) is 21.0. The number of carbonyl (C=O) groups is 2. The maximum absolute atomic E-state index is 10.8. The van der Waals surface area contributed by atoms with Crippen molar-refractivity contribution in [2.45, 2.75) is 31.8 Å². The molecule has 156 valence electrons. The van der Waals surface area contributed by atoms with E-state index in [1.807, 2.05) is 26.0 Å². The van der Waals surface area contributed by atoms with Crippen molar-refractivity contribution < 1.29 is 24.5 Å². The van der Waals surface area contributed by atoms with Crippen molar-refractivity contribution in [3.8, 4) is 11.8 Å². The fraction of sp³-hybridized carbons (Fsp3) is 0.292. The number of ether oxygens (including phenoxy) is 1. The Kier molecular flexibility index (Phi) is 7.51. The smallest absolute Gasteiger partial charge is 0.328 e. The highest BCUT2D eigenvalue weighted by molar-refractivity contribution is 5.85. The Morgan fingerprint density at radius 1 is 1.20 bits per heavy atom. The average molecular weight is 407 g/mol. The van der Waals surface area contributed by atoms with Gasteiger partial charge in [0.25, 0.3) is 0 Å². The van der Waals surface area contributed by atoms with E-state index in [0.29, 0.717) is 5.56 Å². The lowest BCUT2D eigenvalue weighted by Gasteiger charge is -2.27. The monoisotopic (exact) mass is 407 g/mol. The number of carboxylic acids is 1. The van der Waals surface area contributed by atoms with Gasteiger partial charge in [0.2, 0.25) is 0 Å².